The summed E-state index contributed by atoms with van der Waals surface area (Å²) in [6.45, 7) is 9.01. The van der Waals surface area contributed by atoms with Crippen LogP contribution in [-0.2, 0) is 0 Å². The Balaban J connectivity index is 2.68. The predicted octanol–water partition coefficient (Wildman–Crippen LogP) is 2.55. The fourth-order valence-electron chi connectivity index (χ4n) is 1.62. The van der Waals surface area contributed by atoms with E-state index in [2.05, 4.69) is 27.7 Å². The highest BCUT2D eigenvalue weighted by atomic mass is 14.8. The molecule has 66 valence electrons. The molecule has 11 heavy (non-hydrogen) atoms. The SMILES string of the molecule is CCC(C)(C)C(C)(N)C1CC1. The number of rotatable bonds is 3. The van der Waals surface area contributed by atoms with Crippen LogP contribution in [0.2, 0.25) is 0 Å². The van der Waals surface area contributed by atoms with E-state index in [0.717, 1.165) is 5.92 Å². The smallest absolute Gasteiger partial charge is 0.0205 e. The Morgan fingerprint density at radius 2 is 1.73 bits per heavy atom. The zero-order chi connectivity index (χ0) is 8.70. The fraction of sp³-hybridized carbons (Fsp3) is 1.00. The van der Waals surface area contributed by atoms with Crippen LogP contribution in [-0.4, -0.2) is 5.54 Å². The van der Waals surface area contributed by atoms with E-state index in [1.165, 1.54) is 19.3 Å². The normalized spacial score (nSPS) is 24.8. The first kappa shape index (κ1) is 9.05. The largest absolute Gasteiger partial charge is 0.325 e. The van der Waals surface area contributed by atoms with Crippen molar-refractivity contribution in [3.05, 3.63) is 0 Å². The van der Waals surface area contributed by atoms with Gasteiger partial charge in [-0.3, -0.25) is 0 Å². The summed E-state index contributed by atoms with van der Waals surface area (Å²) in [6.07, 6.45) is 3.86. The van der Waals surface area contributed by atoms with Crippen molar-refractivity contribution in [1.29, 1.82) is 0 Å². The van der Waals surface area contributed by atoms with E-state index in [-0.39, 0.29) is 5.54 Å². The molecule has 0 amide bonds. The Kier molecular flexibility index (Phi) is 2.04. The lowest BCUT2D eigenvalue weighted by molar-refractivity contribution is 0.150. The van der Waals surface area contributed by atoms with Gasteiger partial charge in [0.1, 0.15) is 0 Å². The first-order valence-electron chi connectivity index (χ1n) is 4.70. The van der Waals surface area contributed by atoms with Crippen molar-refractivity contribution in [1.82, 2.24) is 0 Å². The zero-order valence-corrected chi connectivity index (χ0v) is 8.28. The average Bonchev–Trinajstić information content (AvgIpc) is 2.68. The van der Waals surface area contributed by atoms with Crippen molar-refractivity contribution in [2.24, 2.45) is 17.1 Å². The van der Waals surface area contributed by atoms with Crippen molar-refractivity contribution < 1.29 is 0 Å². The highest BCUT2D eigenvalue weighted by molar-refractivity contribution is 5.03. The molecule has 1 heteroatoms. The van der Waals surface area contributed by atoms with Gasteiger partial charge >= 0.3 is 0 Å². The molecule has 0 spiro atoms. The summed E-state index contributed by atoms with van der Waals surface area (Å²) >= 11 is 0. The minimum atomic E-state index is 0.0573. The van der Waals surface area contributed by atoms with Gasteiger partial charge in [-0.15, -0.1) is 0 Å². The quantitative estimate of drug-likeness (QED) is 0.666. The van der Waals surface area contributed by atoms with Crippen LogP contribution in [0.15, 0.2) is 0 Å². The molecule has 0 aromatic heterocycles. The van der Waals surface area contributed by atoms with Crippen molar-refractivity contribution in [3.63, 3.8) is 0 Å². The first-order valence-corrected chi connectivity index (χ1v) is 4.70. The van der Waals surface area contributed by atoms with E-state index < -0.39 is 0 Å². The number of nitrogens with two attached hydrogens (primary N) is 1. The van der Waals surface area contributed by atoms with Gasteiger partial charge in [0, 0.05) is 5.54 Å². The van der Waals surface area contributed by atoms with E-state index in [1.807, 2.05) is 0 Å². The molecule has 1 rings (SSSR count). The second-order valence-electron chi connectivity index (χ2n) is 4.79. The molecule has 0 radical (unpaired) electrons. The maximum Gasteiger partial charge on any atom is 0.0205 e. The topological polar surface area (TPSA) is 26.0 Å². The van der Waals surface area contributed by atoms with Gasteiger partial charge in [0.05, 0.1) is 0 Å². The van der Waals surface area contributed by atoms with Gasteiger partial charge in [-0.05, 0) is 37.5 Å². The molecular formula is C10H21N. The summed E-state index contributed by atoms with van der Waals surface area (Å²) in [6, 6.07) is 0. The van der Waals surface area contributed by atoms with Crippen LogP contribution >= 0.6 is 0 Å². The van der Waals surface area contributed by atoms with E-state index >= 15 is 0 Å². The summed E-state index contributed by atoms with van der Waals surface area (Å²) < 4.78 is 0. The van der Waals surface area contributed by atoms with Gasteiger partial charge in [-0.2, -0.15) is 0 Å². The monoisotopic (exact) mass is 155 g/mol. The molecule has 1 aliphatic rings. The maximum atomic E-state index is 6.31. The third-order valence-corrected chi connectivity index (χ3v) is 3.77. The molecule has 1 nitrogen and oxygen atoms in total. The van der Waals surface area contributed by atoms with Crippen molar-refractivity contribution in [2.45, 2.75) is 52.5 Å². The van der Waals surface area contributed by atoms with E-state index in [9.17, 15) is 0 Å². The van der Waals surface area contributed by atoms with Gasteiger partial charge in [0.25, 0.3) is 0 Å². The highest BCUT2D eigenvalue weighted by Crippen LogP contribution is 2.48. The molecule has 0 bridgehead atoms. The summed E-state index contributed by atoms with van der Waals surface area (Å²) in [7, 11) is 0. The lowest BCUT2D eigenvalue weighted by Crippen LogP contribution is -2.51. The van der Waals surface area contributed by atoms with E-state index in [4.69, 9.17) is 5.73 Å². The van der Waals surface area contributed by atoms with Crippen molar-refractivity contribution >= 4 is 0 Å². The van der Waals surface area contributed by atoms with Crippen LogP contribution in [0.4, 0.5) is 0 Å². The second-order valence-corrected chi connectivity index (χ2v) is 4.79. The molecule has 1 unspecified atom stereocenters. The Bertz CT molecular complexity index is 143. The van der Waals surface area contributed by atoms with Crippen LogP contribution in [0.1, 0.15) is 47.0 Å². The molecule has 2 N–H and O–H groups in total. The first-order chi connectivity index (χ1) is 4.92. The predicted molar refractivity (Wildman–Crippen MR) is 49.4 cm³/mol. The minimum Gasteiger partial charge on any atom is -0.325 e. The molecule has 0 aromatic carbocycles. The Labute approximate surface area is 70.4 Å². The molecule has 1 saturated carbocycles. The fourth-order valence-corrected chi connectivity index (χ4v) is 1.62. The van der Waals surface area contributed by atoms with Gasteiger partial charge in [-0.1, -0.05) is 20.8 Å². The average molecular weight is 155 g/mol. The zero-order valence-electron chi connectivity index (χ0n) is 8.28. The lowest BCUT2D eigenvalue weighted by atomic mass is 9.69. The van der Waals surface area contributed by atoms with Crippen molar-refractivity contribution in [3.8, 4) is 0 Å². The Morgan fingerprint density at radius 3 is 2.00 bits per heavy atom. The van der Waals surface area contributed by atoms with Gasteiger partial charge in [0.2, 0.25) is 0 Å². The maximum absolute atomic E-state index is 6.31. The summed E-state index contributed by atoms with van der Waals surface area (Å²) in [4.78, 5) is 0. The van der Waals surface area contributed by atoms with Crippen LogP contribution in [0.3, 0.4) is 0 Å². The van der Waals surface area contributed by atoms with Crippen LogP contribution in [0, 0.1) is 11.3 Å². The van der Waals surface area contributed by atoms with E-state index in [0.29, 0.717) is 5.41 Å². The molecule has 1 atom stereocenters. The minimum absolute atomic E-state index is 0.0573. The molecular weight excluding hydrogens is 134 g/mol. The van der Waals surface area contributed by atoms with Gasteiger partial charge < -0.3 is 5.73 Å². The van der Waals surface area contributed by atoms with Crippen LogP contribution in [0.5, 0.6) is 0 Å². The van der Waals surface area contributed by atoms with Gasteiger partial charge in [0.15, 0.2) is 0 Å². The molecule has 1 aliphatic carbocycles. The standard InChI is InChI=1S/C10H21N/c1-5-9(2,3)10(4,11)8-6-7-8/h8H,5-7,11H2,1-4H3. The Hall–Kier alpha value is -0.0400. The van der Waals surface area contributed by atoms with Crippen LogP contribution in [0.25, 0.3) is 0 Å². The highest BCUT2D eigenvalue weighted by Gasteiger charge is 2.47. The molecule has 0 heterocycles. The second kappa shape index (κ2) is 2.48. The van der Waals surface area contributed by atoms with Gasteiger partial charge in [-0.25, -0.2) is 0 Å². The third-order valence-electron chi connectivity index (χ3n) is 3.77. The molecule has 0 aliphatic heterocycles. The third kappa shape index (κ3) is 1.44. The molecule has 1 fully saturated rings. The molecule has 0 saturated heterocycles. The molecule has 0 aromatic rings. The summed E-state index contributed by atoms with van der Waals surface area (Å²) in [5.74, 6) is 0.789. The summed E-state index contributed by atoms with van der Waals surface area (Å²) in [5.41, 5.74) is 6.67. The van der Waals surface area contributed by atoms with Crippen LogP contribution < -0.4 is 5.73 Å². The Morgan fingerprint density at radius 1 is 1.27 bits per heavy atom. The van der Waals surface area contributed by atoms with E-state index in [1.54, 1.807) is 0 Å². The van der Waals surface area contributed by atoms with Crippen molar-refractivity contribution in [2.75, 3.05) is 0 Å². The number of hydrogen-bond donors (Lipinski definition) is 1. The summed E-state index contributed by atoms with van der Waals surface area (Å²) in [5, 5.41) is 0. The lowest BCUT2D eigenvalue weighted by Gasteiger charge is -2.41. The number of hydrogen-bond acceptors (Lipinski definition) is 1.